The van der Waals surface area contributed by atoms with Gasteiger partial charge in [-0.05, 0) is 48.4 Å². The standard InChI is InChI=1S/C17H20/c1-3-16-10-7-11-17(14(16)2)13-12-15-8-5-4-6-9-15/h4-11H,3,12-13H2,1-2H3. The fourth-order valence-electron chi connectivity index (χ4n) is 2.31. The normalized spacial score (nSPS) is 10.5. The number of hydrogen-bond donors (Lipinski definition) is 0. The first-order valence-electron chi connectivity index (χ1n) is 6.42. The second kappa shape index (κ2) is 5.67. The molecular weight excluding hydrogens is 204 g/mol. The quantitative estimate of drug-likeness (QED) is 0.724. The van der Waals surface area contributed by atoms with Crippen LogP contribution in [-0.2, 0) is 19.3 Å². The topological polar surface area (TPSA) is 0 Å². The molecule has 0 saturated carbocycles. The third kappa shape index (κ3) is 2.97. The minimum Gasteiger partial charge on any atom is -0.0622 e. The van der Waals surface area contributed by atoms with Crippen LogP contribution < -0.4 is 0 Å². The van der Waals surface area contributed by atoms with E-state index in [1.54, 1.807) is 0 Å². The zero-order valence-electron chi connectivity index (χ0n) is 10.7. The number of aryl methyl sites for hydroxylation is 3. The molecule has 0 unspecified atom stereocenters. The van der Waals surface area contributed by atoms with Crippen LogP contribution in [0.2, 0.25) is 0 Å². The summed E-state index contributed by atoms with van der Waals surface area (Å²) in [6.45, 7) is 4.47. The first-order valence-corrected chi connectivity index (χ1v) is 6.42. The Labute approximate surface area is 104 Å². The van der Waals surface area contributed by atoms with Crippen LogP contribution >= 0.6 is 0 Å². The highest BCUT2D eigenvalue weighted by Gasteiger charge is 2.02. The van der Waals surface area contributed by atoms with Crippen LogP contribution in [0.25, 0.3) is 0 Å². The van der Waals surface area contributed by atoms with Gasteiger partial charge in [0.15, 0.2) is 0 Å². The van der Waals surface area contributed by atoms with Crippen molar-refractivity contribution in [1.82, 2.24) is 0 Å². The minimum atomic E-state index is 1.13. The van der Waals surface area contributed by atoms with Gasteiger partial charge in [0.05, 0.1) is 0 Å². The van der Waals surface area contributed by atoms with Gasteiger partial charge in [-0.15, -0.1) is 0 Å². The Hall–Kier alpha value is -1.56. The highest BCUT2D eigenvalue weighted by molar-refractivity contribution is 5.34. The van der Waals surface area contributed by atoms with Gasteiger partial charge in [-0.25, -0.2) is 0 Å². The molecule has 0 radical (unpaired) electrons. The molecule has 0 heterocycles. The Morgan fingerprint density at radius 3 is 2.18 bits per heavy atom. The predicted molar refractivity (Wildman–Crippen MR) is 74.4 cm³/mol. The Morgan fingerprint density at radius 1 is 0.765 bits per heavy atom. The molecule has 2 rings (SSSR count). The van der Waals surface area contributed by atoms with E-state index < -0.39 is 0 Å². The second-order valence-corrected chi connectivity index (χ2v) is 4.54. The Balaban J connectivity index is 2.09. The monoisotopic (exact) mass is 224 g/mol. The molecule has 88 valence electrons. The lowest BCUT2D eigenvalue weighted by molar-refractivity contribution is 0.938. The largest absolute Gasteiger partial charge is 0.0622 e. The summed E-state index contributed by atoms with van der Waals surface area (Å²) in [6.07, 6.45) is 3.41. The maximum absolute atomic E-state index is 2.26. The summed E-state index contributed by atoms with van der Waals surface area (Å²) in [6, 6.07) is 17.4. The molecule has 0 bridgehead atoms. The van der Waals surface area contributed by atoms with E-state index in [0.717, 1.165) is 19.3 Å². The van der Waals surface area contributed by atoms with Crippen LogP contribution in [0.1, 0.15) is 29.2 Å². The van der Waals surface area contributed by atoms with Crippen LogP contribution in [-0.4, -0.2) is 0 Å². The maximum Gasteiger partial charge on any atom is -0.0236 e. The molecule has 0 aliphatic rings. The van der Waals surface area contributed by atoms with E-state index in [0.29, 0.717) is 0 Å². The lowest BCUT2D eigenvalue weighted by atomic mass is 9.96. The molecule has 0 aliphatic heterocycles. The first-order chi connectivity index (χ1) is 8.31. The smallest absolute Gasteiger partial charge is 0.0236 e. The Kier molecular flexibility index (Phi) is 3.98. The molecule has 0 N–H and O–H groups in total. The minimum absolute atomic E-state index is 1.13. The molecule has 0 nitrogen and oxygen atoms in total. The molecule has 0 saturated heterocycles. The van der Waals surface area contributed by atoms with Gasteiger partial charge in [-0.1, -0.05) is 55.5 Å². The van der Waals surface area contributed by atoms with Gasteiger partial charge in [-0.2, -0.15) is 0 Å². The molecule has 17 heavy (non-hydrogen) atoms. The van der Waals surface area contributed by atoms with E-state index in [1.807, 2.05) is 0 Å². The summed E-state index contributed by atoms with van der Waals surface area (Å²) >= 11 is 0. The number of hydrogen-bond acceptors (Lipinski definition) is 0. The molecule has 0 aromatic heterocycles. The highest BCUT2D eigenvalue weighted by Crippen LogP contribution is 2.16. The van der Waals surface area contributed by atoms with E-state index in [4.69, 9.17) is 0 Å². The van der Waals surface area contributed by atoms with Crippen molar-refractivity contribution in [1.29, 1.82) is 0 Å². The predicted octanol–water partition coefficient (Wildman–Crippen LogP) is 4.34. The third-order valence-electron chi connectivity index (χ3n) is 3.46. The second-order valence-electron chi connectivity index (χ2n) is 4.54. The zero-order valence-corrected chi connectivity index (χ0v) is 10.7. The molecule has 0 aliphatic carbocycles. The fraction of sp³-hybridized carbons (Fsp3) is 0.294. The highest BCUT2D eigenvalue weighted by atomic mass is 14.1. The summed E-state index contributed by atoms with van der Waals surface area (Å²) < 4.78 is 0. The average Bonchev–Trinajstić information content (AvgIpc) is 2.39. The number of rotatable bonds is 4. The SMILES string of the molecule is CCc1cccc(CCc2ccccc2)c1C. The van der Waals surface area contributed by atoms with Crippen molar-refractivity contribution in [3.63, 3.8) is 0 Å². The van der Waals surface area contributed by atoms with Crippen molar-refractivity contribution < 1.29 is 0 Å². The Morgan fingerprint density at radius 2 is 1.47 bits per heavy atom. The molecule has 0 spiro atoms. The van der Waals surface area contributed by atoms with Crippen molar-refractivity contribution in [2.24, 2.45) is 0 Å². The van der Waals surface area contributed by atoms with Crippen LogP contribution in [0, 0.1) is 6.92 Å². The molecule has 0 atom stereocenters. The van der Waals surface area contributed by atoms with Crippen molar-refractivity contribution in [2.75, 3.05) is 0 Å². The van der Waals surface area contributed by atoms with Gasteiger partial charge < -0.3 is 0 Å². The van der Waals surface area contributed by atoms with Gasteiger partial charge in [0, 0.05) is 0 Å². The van der Waals surface area contributed by atoms with Gasteiger partial charge in [0.25, 0.3) is 0 Å². The third-order valence-corrected chi connectivity index (χ3v) is 3.46. The lowest BCUT2D eigenvalue weighted by Gasteiger charge is -2.10. The van der Waals surface area contributed by atoms with Crippen molar-refractivity contribution in [2.45, 2.75) is 33.1 Å². The molecular formula is C17H20. The first kappa shape index (κ1) is 11.9. The van der Waals surface area contributed by atoms with Crippen LogP contribution in [0.15, 0.2) is 48.5 Å². The molecule has 2 aromatic carbocycles. The van der Waals surface area contributed by atoms with Crippen LogP contribution in [0.4, 0.5) is 0 Å². The fourth-order valence-corrected chi connectivity index (χ4v) is 2.31. The summed E-state index contributed by atoms with van der Waals surface area (Å²) in [7, 11) is 0. The number of benzene rings is 2. The van der Waals surface area contributed by atoms with Gasteiger partial charge in [0.2, 0.25) is 0 Å². The summed E-state index contributed by atoms with van der Waals surface area (Å²) in [5, 5.41) is 0. The average molecular weight is 224 g/mol. The van der Waals surface area contributed by atoms with Gasteiger partial charge >= 0.3 is 0 Å². The molecule has 0 fully saturated rings. The Bertz CT molecular complexity index is 469. The van der Waals surface area contributed by atoms with E-state index in [1.165, 1.54) is 22.3 Å². The molecule has 2 aromatic rings. The van der Waals surface area contributed by atoms with Crippen molar-refractivity contribution in [3.8, 4) is 0 Å². The zero-order chi connectivity index (χ0) is 12.1. The lowest BCUT2D eigenvalue weighted by Crippen LogP contribution is -1.97. The summed E-state index contributed by atoms with van der Waals surface area (Å²) in [5.74, 6) is 0. The van der Waals surface area contributed by atoms with Crippen molar-refractivity contribution in [3.05, 3.63) is 70.8 Å². The van der Waals surface area contributed by atoms with E-state index in [2.05, 4.69) is 62.4 Å². The molecule has 0 heteroatoms. The van der Waals surface area contributed by atoms with E-state index in [-0.39, 0.29) is 0 Å². The van der Waals surface area contributed by atoms with E-state index >= 15 is 0 Å². The van der Waals surface area contributed by atoms with Crippen LogP contribution in [0.3, 0.4) is 0 Å². The summed E-state index contributed by atoms with van der Waals surface area (Å²) in [4.78, 5) is 0. The van der Waals surface area contributed by atoms with E-state index in [9.17, 15) is 0 Å². The van der Waals surface area contributed by atoms with Crippen molar-refractivity contribution >= 4 is 0 Å². The van der Waals surface area contributed by atoms with Gasteiger partial charge in [-0.3, -0.25) is 0 Å². The van der Waals surface area contributed by atoms with Crippen LogP contribution in [0.5, 0.6) is 0 Å². The van der Waals surface area contributed by atoms with Gasteiger partial charge in [0.1, 0.15) is 0 Å². The molecule has 0 amide bonds. The summed E-state index contributed by atoms with van der Waals surface area (Å²) in [5.41, 5.74) is 5.88. The maximum atomic E-state index is 2.26.